The minimum absolute atomic E-state index is 0.00593. The van der Waals surface area contributed by atoms with Crippen LogP contribution in [-0.2, 0) is 0 Å². The summed E-state index contributed by atoms with van der Waals surface area (Å²) in [5, 5.41) is 25.2. The lowest BCUT2D eigenvalue weighted by atomic mass is 10.0. The molecule has 0 aliphatic rings. The van der Waals surface area contributed by atoms with Gasteiger partial charge in [-0.05, 0) is 35.9 Å². The second kappa shape index (κ2) is 6.55. The molecule has 0 radical (unpaired) electrons. The Kier molecular flexibility index (Phi) is 4.04. The molecule has 0 amide bonds. The number of amidine groups is 2. The van der Waals surface area contributed by atoms with Gasteiger partial charge >= 0.3 is 0 Å². The number of nitrogens with zero attached hydrogens (tertiary/aromatic N) is 1. The molecule has 0 saturated heterocycles. The molecule has 0 unspecified atom stereocenters. The number of aromatic hydroxyl groups is 1. The molecule has 0 spiro atoms. The highest BCUT2D eigenvalue weighted by Gasteiger charge is 2.10. The molecule has 8 N–H and O–H groups in total. The maximum absolute atomic E-state index is 10.2. The molecule has 3 aromatic carbocycles. The summed E-state index contributed by atoms with van der Waals surface area (Å²) >= 11 is 0. The van der Waals surface area contributed by atoms with Crippen LogP contribution in [-0.4, -0.2) is 26.7 Å². The van der Waals surface area contributed by atoms with Gasteiger partial charge in [-0.15, -0.1) is 0 Å². The van der Waals surface area contributed by atoms with Crippen LogP contribution in [0.4, 0.5) is 0 Å². The molecule has 0 atom stereocenters. The largest absolute Gasteiger partial charge is 0.507 e. The van der Waals surface area contributed by atoms with Crippen molar-refractivity contribution in [1.29, 1.82) is 10.8 Å². The number of imidazole rings is 1. The van der Waals surface area contributed by atoms with Crippen LogP contribution in [0.1, 0.15) is 11.1 Å². The quantitative estimate of drug-likeness (QED) is 0.242. The maximum atomic E-state index is 10.2. The Morgan fingerprint density at radius 1 is 0.821 bits per heavy atom. The average molecular weight is 370 g/mol. The van der Waals surface area contributed by atoms with Gasteiger partial charge < -0.3 is 21.6 Å². The summed E-state index contributed by atoms with van der Waals surface area (Å²) in [7, 11) is 0. The van der Waals surface area contributed by atoms with Gasteiger partial charge in [-0.1, -0.05) is 30.3 Å². The maximum Gasteiger partial charge on any atom is 0.138 e. The number of hydrogen-bond acceptors (Lipinski definition) is 4. The minimum Gasteiger partial charge on any atom is -0.507 e. The van der Waals surface area contributed by atoms with Crippen LogP contribution < -0.4 is 11.5 Å². The third-order valence-electron chi connectivity index (χ3n) is 4.57. The van der Waals surface area contributed by atoms with Crippen LogP contribution >= 0.6 is 0 Å². The molecule has 1 aromatic heterocycles. The van der Waals surface area contributed by atoms with Crippen molar-refractivity contribution in [3.05, 3.63) is 71.8 Å². The molecule has 0 bridgehead atoms. The fraction of sp³-hybridized carbons (Fsp3) is 0. The van der Waals surface area contributed by atoms with Crippen molar-refractivity contribution in [2.24, 2.45) is 11.5 Å². The zero-order valence-electron chi connectivity index (χ0n) is 14.8. The number of benzene rings is 3. The van der Waals surface area contributed by atoms with Gasteiger partial charge in [0.25, 0.3) is 0 Å². The first-order valence-electron chi connectivity index (χ1n) is 8.55. The summed E-state index contributed by atoms with van der Waals surface area (Å²) in [5.41, 5.74) is 16.1. The molecule has 0 fully saturated rings. The Labute approximate surface area is 160 Å². The van der Waals surface area contributed by atoms with Gasteiger partial charge in [-0.25, -0.2) is 4.98 Å². The van der Waals surface area contributed by atoms with Gasteiger partial charge in [0.2, 0.25) is 0 Å². The van der Waals surface area contributed by atoms with Crippen molar-refractivity contribution in [2.75, 3.05) is 0 Å². The highest BCUT2D eigenvalue weighted by molar-refractivity contribution is 5.98. The number of phenols is 1. The second-order valence-corrected chi connectivity index (χ2v) is 6.45. The molecule has 1 heterocycles. The van der Waals surface area contributed by atoms with Crippen molar-refractivity contribution in [3.8, 4) is 28.3 Å². The highest BCUT2D eigenvalue weighted by atomic mass is 16.3. The van der Waals surface area contributed by atoms with E-state index >= 15 is 0 Å². The molecular formula is C21H18N6O. The average Bonchev–Trinajstić information content (AvgIpc) is 3.11. The lowest BCUT2D eigenvalue weighted by Crippen LogP contribution is -2.10. The van der Waals surface area contributed by atoms with E-state index in [2.05, 4.69) is 9.97 Å². The molecule has 7 heteroatoms. The van der Waals surface area contributed by atoms with E-state index in [1.54, 1.807) is 24.3 Å². The van der Waals surface area contributed by atoms with Gasteiger partial charge in [-0.2, -0.15) is 0 Å². The smallest absolute Gasteiger partial charge is 0.138 e. The summed E-state index contributed by atoms with van der Waals surface area (Å²) in [6.07, 6.45) is 0. The molecule has 0 aliphatic heterocycles. The predicted molar refractivity (Wildman–Crippen MR) is 111 cm³/mol. The molecule has 28 heavy (non-hydrogen) atoms. The Morgan fingerprint density at radius 3 is 2.07 bits per heavy atom. The number of aromatic amines is 1. The summed E-state index contributed by atoms with van der Waals surface area (Å²) in [6.45, 7) is 0. The van der Waals surface area contributed by atoms with Crippen LogP contribution in [0.2, 0.25) is 0 Å². The molecule has 0 saturated carbocycles. The summed E-state index contributed by atoms with van der Waals surface area (Å²) in [6, 6.07) is 18.0. The van der Waals surface area contributed by atoms with E-state index in [9.17, 15) is 5.11 Å². The number of nitrogens with two attached hydrogens (primary N) is 2. The Bertz CT molecular complexity index is 1220. The van der Waals surface area contributed by atoms with Crippen LogP contribution in [0, 0.1) is 10.8 Å². The zero-order chi connectivity index (χ0) is 19.8. The number of phenolic OH excluding ortho intramolecular Hbond substituents is 1. The van der Waals surface area contributed by atoms with E-state index in [4.69, 9.17) is 22.3 Å². The van der Waals surface area contributed by atoms with Crippen molar-refractivity contribution in [1.82, 2.24) is 9.97 Å². The molecule has 138 valence electrons. The predicted octanol–water partition coefficient (Wildman–Crippen LogP) is 3.17. The van der Waals surface area contributed by atoms with Gasteiger partial charge in [0, 0.05) is 22.3 Å². The first-order chi connectivity index (χ1) is 13.4. The van der Waals surface area contributed by atoms with Gasteiger partial charge in [0.15, 0.2) is 0 Å². The molecule has 7 nitrogen and oxygen atoms in total. The normalized spacial score (nSPS) is 10.9. The monoisotopic (exact) mass is 370 g/mol. The lowest BCUT2D eigenvalue weighted by molar-refractivity contribution is 0.477. The minimum atomic E-state index is -0.0880. The third-order valence-corrected chi connectivity index (χ3v) is 4.57. The van der Waals surface area contributed by atoms with E-state index in [1.165, 1.54) is 6.07 Å². The van der Waals surface area contributed by atoms with Crippen molar-refractivity contribution >= 4 is 22.7 Å². The number of nitrogen functional groups attached to an aromatic ring is 2. The number of H-pyrrole nitrogens is 1. The highest BCUT2D eigenvalue weighted by Crippen LogP contribution is 2.31. The molecule has 0 aliphatic carbocycles. The Balaban J connectivity index is 1.67. The van der Waals surface area contributed by atoms with Crippen LogP contribution in [0.15, 0.2) is 60.7 Å². The summed E-state index contributed by atoms with van der Waals surface area (Å²) < 4.78 is 0. The van der Waals surface area contributed by atoms with E-state index in [0.29, 0.717) is 22.5 Å². The molecular weight excluding hydrogens is 352 g/mol. The fourth-order valence-corrected chi connectivity index (χ4v) is 3.06. The Hall–Kier alpha value is -4.13. The standard InChI is InChI=1S/C21H18N6O/c22-19(23)13-6-8-16-17(9-13)27-21(26-16)12-3-1-11(2-4-12)15-7-5-14(20(24)25)10-18(15)28/h1-10,28H,(H3,22,23)(H3,24,25)(H,26,27). The SMILES string of the molecule is N=C(N)c1ccc(-c2ccc(-c3nc4cc(C(=N)N)ccc4[nH]3)cc2)c(O)c1. The van der Waals surface area contributed by atoms with Crippen molar-refractivity contribution in [3.63, 3.8) is 0 Å². The van der Waals surface area contributed by atoms with Crippen LogP contribution in [0.5, 0.6) is 5.75 Å². The van der Waals surface area contributed by atoms with E-state index in [0.717, 1.165) is 22.2 Å². The number of rotatable bonds is 4. The zero-order valence-corrected chi connectivity index (χ0v) is 14.8. The number of hydrogen-bond donors (Lipinski definition) is 6. The Morgan fingerprint density at radius 2 is 1.43 bits per heavy atom. The van der Waals surface area contributed by atoms with E-state index in [1.807, 2.05) is 30.3 Å². The first kappa shape index (κ1) is 17.3. The van der Waals surface area contributed by atoms with E-state index in [-0.39, 0.29) is 17.4 Å². The van der Waals surface area contributed by atoms with Crippen molar-refractivity contribution < 1.29 is 5.11 Å². The topological polar surface area (TPSA) is 149 Å². The van der Waals surface area contributed by atoms with Gasteiger partial charge in [0.1, 0.15) is 23.2 Å². The third kappa shape index (κ3) is 3.05. The van der Waals surface area contributed by atoms with Gasteiger partial charge in [-0.3, -0.25) is 10.8 Å². The number of fused-ring (bicyclic) bond motifs is 1. The number of nitrogens with one attached hydrogen (secondary N) is 3. The lowest BCUT2D eigenvalue weighted by Gasteiger charge is -2.07. The van der Waals surface area contributed by atoms with Gasteiger partial charge in [0.05, 0.1) is 11.0 Å². The van der Waals surface area contributed by atoms with Crippen LogP contribution in [0.25, 0.3) is 33.5 Å². The molecule has 4 aromatic rings. The van der Waals surface area contributed by atoms with E-state index < -0.39 is 0 Å². The first-order valence-corrected chi connectivity index (χ1v) is 8.55. The van der Waals surface area contributed by atoms with Crippen molar-refractivity contribution in [2.45, 2.75) is 0 Å². The summed E-state index contributed by atoms with van der Waals surface area (Å²) in [5.74, 6) is 0.695. The molecule has 4 rings (SSSR count). The fourth-order valence-electron chi connectivity index (χ4n) is 3.06. The second-order valence-electron chi connectivity index (χ2n) is 6.45. The summed E-state index contributed by atoms with van der Waals surface area (Å²) in [4.78, 5) is 7.84. The number of aromatic nitrogens is 2. The van der Waals surface area contributed by atoms with Crippen LogP contribution in [0.3, 0.4) is 0 Å².